The average molecular weight is 700 g/mol. The van der Waals surface area contributed by atoms with Crippen molar-refractivity contribution in [1.29, 1.82) is 0 Å². The molecular formula is C35H30F9NO4. The standard InChI is InChI=1S/C35H30F9NO4/c1-48-29-11-6-19(17-2-4-18(5-3-17)32(46)47)14-28(29)24-8-7-21(33(36,37)38)16-27(24)25-9-10-26-30(25)45-49-31(26)20-12-22(34(39,40)41)15-23(13-20)35(42,43)44/h6-8,11-18,25-26,31H,2-5,9-10H2,1H3,(H,46,47)/t17?,18?,25-,26+,31+/m0/s1. The van der Waals surface area contributed by atoms with Gasteiger partial charge in [-0.25, -0.2) is 0 Å². The molecule has 3 aliphatic rings. The zero-order valence-electron chi connectivity index (χ0n) is 25.8. The van der Waals surface area contributed by atoms with Crippen LogP contribution in [0, 0.1) is 11.8 Å². The quantitative estimate of drug-likeness (QED) is 0.260. The van der Waals surface area contributed by atoms with Crippen molar-refractivity contribution in [3.63, 3.8) is 0 Å². The molecule has 2 aliphatic carbocycles. The summed E-state index contributed by atoms with van der Waals surface area (Å²) in [6.07, 6.45) is -13.6. The van der Waals surface area contributed by atoms with Crippen LogP contribution in [0.1, 0.15) is 89.8 Å². The van der Waals surface area contributed by atoms with Crippen LogP contribution < -0.4 is 4.74 Å². The lowest BCUT2D eigenvalue weighted by Crippen LogP contribution is -2.20. The highest BCUT2D eigenvalue weighted by molar-refractivity contribution is 5.97. The molecule has 1 N–H and O–H groups in total. The lowest BCUT2D eigenvalue weighted by molar-refractivity contribution is -0.144. The van der Waals surface area contributed by atoms with Crippen LogP contribution in [-0.2, 0) is 28.2 Å². The molecule has 262 valence electrons. The number of hydrogen-bond donors (Lipinski definition) is 1. The SMILES string of the molecule is COc1ccc(C2CCC(C(=O)O)CC2)cc1-c1ccc(C(F)(F)F)cc1[C@@H]1CC[C@@H]2C1=NO[C@@H]2c1cc(C(F)(F)F)cc(C(F)(F)F)c1. The smallest absolute Gasteiger partial charge is 0.416 e. The number of carboxylic acids is 1. The summed E-state index contributed by atoms with van der Waals surface area (Å²) in [6.45, 7) is 0. The molecule has 1 heterocycles. The van der Waals surface area contributed by atoms with Gasteiger partial charge in [-0.1, -0.05) is 17.3 Å². The van der Waals surface area contributed by atoms with E-state index < -0.39 is 65.0 Å². The van der Waals surface area contributed by atoms with E-state index in [4.69, 9.17) is 9.57 Å². The van der Waals surface area contributed by atoms with Gasteiger partial charge in [-0.15, -0.1) is 0 Å². The number of nitrogens with zero attached hydrogens (tertiary/aromatic N) is 1. The first-order chi connectivity index (χ1) is 23.0. The first-order valence-electron chi connectivity index (χ1n) is 15.6. The van der Waals surface area contributed by atoms with E-state index >= 15 is 0 Å². The van der Waals surface area contributed by atoms with Crippen molar-refractivity contribution in [2.45, 2.75) is 75.0 Å². The number of fused-ring (bicyclic) bond motifs is 1. The summed E-state index contributed by atoms with van der Waals surface area (Å²) in [4.78, 5) is 16.9. The predicted molar refractivity (Wildman–Crippen MR) is 159 cm³/mol. The van der Waals surface area contributed by atoms with Crippen molar-refractivity contribution in [1.82, 2.24) is 0 Å². The third kappa shape index (κ3) is 6.83. The van der Waals surface area contributed by atoms with Gasteiger partial charge in [0.15, 0.2) is 6.10 Å². The van der Waals surface area contributed by atoms with Gasteiger partial charge in [-0.3, -0.25) is 4.79 Å². The molecule has 0 bridgehead atoms. The van der Waals surface area contributed by atoms with Crippen LogP contribution in [0.5, 0.6) is 5.75 Å². The van der Waals surface area contributed by atoms with Crippen molar-refractivity contribution in [3.05, 3.63) is 88.0 Å². The van der Waals surface area contributed by atoms with Gasteiger partial charge in [0.25, 0.3) is 0 Å². The normalized spacial score (nSPS) is 24.3. The Hall–Kier alpha value is -4.23. The van der Waals surface area contributed by atoms with Gasteiger partial charge in [0.05, 0.1) is 35.4 Å². The molecule has 1 aliphatic heterocycles. The van der Waals surface area contributed by atoms with E-state index in [1.54, 1.807) is 6.07 Å². The first kappa shape index (κ1) is 34.6. The van der Waals surface area contributed by atoms with Crippen LogP contribution in [-0.4, -0.2) is 23.9 Å². The maximum absolute atomic E-state index is 14.0. The van der Waals surface area contributed by atoms with E-state index in [2.05, 4.69) is 5.16 Å². The highest BCUT2D eigenvalue weighted by Gasteiger charge is 2.47. The number of carbonyl (C=O) groups is 1. The van der Waals surface area contributed by atoms with Crippen LogP contribution in [0.4, 0.5) is 39.5 Å². The van der Waals surface area contributed by atoms with E-state index in [1.807, 2.05) is 12.1 Å². The van der Waals surface area contributed by atoms with Crippen LogP contribution in [0.25, 0.3) is 11.1 Å². The molecule has 3 aromatic rings. The average Bonchev–Trinajstić information content (AvgIpc) is 3.65. The predicted octanol–water partition coefficient (Wildman–Crippen LogP) is 10.4. The summed E-state index contributed by atoms with van der Waals surface area (Å²) < 4.78 is 129. The molecule has 6 rings (SSSR count). The molecule has 49 heavy (non-hydrogen) atoms. The Morgan fingerprint density at radius 2 is 1.37 bits per heavy atom. The molecule has 2 fully saturated rings. The molecule has 0 aromatic heterocycles. The Kier molecular flexibility index (Phi) is 8.89. The lowest BCUT2D eigenvalue weighted by atomic mass is 9.77. The number of rotatable bonds is 6. The van der Waals surface area contributed by atoms with Crippen LogP contribution in [0.3, 0.4) is 0 Å². The number of carboxylic acid groups (broad SMARTS) is 1. The summed E-state index contributed by atoms with van der Waals surface area (Å²) in [7, 11) is 1.41. The first-order valence-corrected chi connectivity index (χ1v) is 15.6. The molecule has 3 aromatic carbocycles. The zero-order valence-corrected chi connectivity index (χ0v) is 25.8. The van der Waals surface area contributed by atoms with Gasteiger partial charge in [0.1, 0.15) is 5.75 Å². The van der Waals surface area contributed by atoms with Crippen molar-refractivity contribution in [3.8, 4) is 16.9 Å². The fourth-order valence-corrected chi connectivity index (χ4v) is 7.42. The summed E-state index contributed by atoms with van der Waals surface area (Å²) in [5.74, 6) is -2.50. The molecule has 0 radical (unpaired) electrons. The highest BCUT2D eigenvalue weighted by Crippen LogP contribution is 2.52. The number of hydrogen-bond acceptors (Lipinski definition) is 4. The highest BCUT2D eigenvalue weighted by atomic mass is 19.4. The third-order valence-electron chi connectivity index (χ3n) is 9.89. The fourth-order valence-electron chi connectivity index (χ4n) is 7.42. The number of benzene rings is 3. The molecule has 14 heteroatoms. The third-order valence-corrected chi connectivity index (χ3v) is 9.89. The summed E-state index contributed by atoms with van der Waals surface area (Å²) in [5, 5.41) is 13.5. The Bertz CT molecular complexity index is 1740. The van der Waals surface area contributed by atoms with Crippen LogP contribution in [0.2, 0.25) is 0 Å². The van der Waals surface area contributed by atoms with Crippen molar-refractivity contribution < 1.29 is 59.0 Å². The minimum atomic E-state index is -5.08. The lowest BCUT2D eigenvalue weighted by Gasteiger charge is -2.27. The maximum Gasteiger partial charge on any atom is 0.416 e. The van der Waals surface area contributed by atoms with Gasteiger partial charge in [-0.05, 0) is 109 Å². The van der Waals surface area contributed by atoms with E-state index in [9.17, 15) is 49.4 Å². The number of methoxy groups -OCH3 is 1. The largest absolute Gasteiger partial charge is 0.496 e. The summed E-state index contributed by atoms with van der Waals surface area (Å²) >= 11 is 0. The molecule has 2 saturated carbocycles. The second kappa shape index (κ2) is 12.6. The van der Waals surface area contributed by atoms with Gasteiger partial charge in [-0.2, -0.15) is 39.5 Å². The van der Waals surface area contributed by atoms with E-state index in [-0.39, 0.29) is 41.7 Å². The van der Waals surface area contributed by atoms with Gasteiger partial charge < -0.3 is 14.7 Å². The van der Waals surface area contributed by atoms with Gasteiger partial charge >= 0.3 is 24.5 Å². The topological polar surface area (TPSA) is 68.1 Å². The van der Waals surface area contributed by atoms with Crippen molar-refractivity contribution in [2.75, 3.05) is 7.11 Å². The molecule has 0 amide bonds. The van der Waals surface area contributed by atoms with Gasteiger partial charge in [0.2, 0.25) is 0 Å². The molecule has 3 atom stereocenters. The van der Waals surface area contributed by atoms with E-state index in [0.717, 1.165) is 17.7 Å². The van der Waals surface area contributed by atoms with E-state index in [0.29, 0.717) is 54.7 Å². The Morgan fingerprint density at radius 1 is 0.735 bits per heavy atom. The number of halogens is 9. The van der Waals surface area contributed by atoms with Crippen LogP contribution in [0.15, 0.2) is 59.8 Å². The summed E-state index contributed by atoms with van der Waals surface area (Å²) in [5.41, 5.74) is -2.16. The minimum absolute atomic E-state index is 0.0106. The molecule has 0 unspecified atom stereocenters. The number of alkyl halides is 9. The van der Waals surface area contributed by atoms with Crippen LogP contribution >= 0.6 is 0 Å². The molecule has 0 spiro atoms. The Balaban J connectivity index is 1.39. The second-order valence-corrected chi connectivity index (χ2v) is 12.8. The minimum Gasteiger partial charge on any atom is -0.496 e. The van der Waals surface area contributed by atoms with Crippen molar-refractivity contribution >= 4 is 11.7 Å². The van der Waals surface area contributed by atoms with E-state index in [1.165, 1.54) is 13.2 Å². The Labute approximate surface area is 274 Å². The Morgan fingerprint density at radius 3 is 1.94 bits per heavy atom. The monoisotopic (exact) mass is 699 g/mol. The molecule has 0 saturated heterocycles. The number of ether oxygens (including phenoxy) is 1. The maximum atomic E-state index is 14.0. The summed E-state index contributed by atoms with van der Waals surface area (Å²) in [6, 6.07) is 9.80. The fraction of sp³-hybridized carbons (Fsp3) is 0.429. The molecular weight excluding hydrogens is 669 g/mol. The number of aliphatic carboxylic acids is 1. The molecule has 5 nitrogen and oxygen atoms in total. The van der Waals surface area contributed by atoms with Crippen molar-refractivity contribution in [2.24, 2.45) is 17.0 Å². The number of oxime groups is 1. The zero-order chi connectivity index (χ0) is 35.5. The second-order valence-electron chi connectivity index (χ2n) is 12.8. The van der Waals surface area contributed by atoms with Gasteiger partial charge in [0, 0.05) is 17.4 Å².